The summed E-state index contributed by atoms with van der Waals surface area (Å²) in [7, 11) is 4.99. The van der Waals surface area contributed by atoms with E-state index >= 15 is 0 Å². The van der Waals surface area contributed by atoms with Crippen LogP contribution in [-0.2, 0) is 17.8 Å². The maximum absolute atomic E-state index is 12.8. The lowest BCUT2D eigenvalue weighted by atomic mass is 10.0. The maximum Gasteiger partial charge on any atom is 0.227 e. The molecule has 3 rings (SSSR count). The Bertz CT molecular complexity index is 1060. The minimum atomic E-state index is -0.0428. The van der Waals surface area contributed by atoms with Crippen molar-refractivity contribution in [3.05, 3.63) is 71.3 Å². The predicted molar refractivity (Wildman–Crippen MR) is 114 cm³/mol. The Morgan fingerprint density at radius 2 is 1.62 bits per heavy atom. The van der Waals surface area contributed by atoms with Gasteiger partial charge in [0.15, 0.2) is 5.78 Å². The van der Waals surface area contributed by atoms with Crippen LogP contribution in [0.2, 0.25) is 0 Å². The summed E-state index contributed by atoms with van der Waals surface area (Å²) in [5, 5.41) is 2.19. The Hall–Kier alpha value is -3.34. The van der Waals surface area contributed by atoms with Gasteiger partial charge in [0.25, 0.3) is 0 Å². The van der Waals surface area contributed by atoms with Crippen molar-refractivity contribution in [2.45, 2.75) is 19.9 Å². The second-order valence-electron chi connectivity index (χ2n) is 7.06. The predicted octanol–water partition coefficient (Wildman–Crippen LogP) is 4.26. The average molecular weight is 391 g/mol. The summed E-state index contributed by atoms with van der Waals surface area (Å²) in [5.74, 6) is 1.34. The highest BCUT2D eigenvalue weighted by atomic mass is 16.5. The SMILES string of the molecule is COc1ccc2cc(CN(C)C(=O)Cc3cc(C(C)=O)ccc3OC)ccc2c1. The van der Waals surface area contributed by atoms with Gasteiger partial charge in [0, 0.05) is 24.7 Å². The molecule has 29 heavy (non-hydrogen) atoms. The van der Waals surface area contributed by atoms with E-state index in [1.165, 1.54) is 6.92 Å². The van der Waals surface area contributed by atoms with E-state index in [0.29, 0.717) is 23.4 Å². The molecule has 0 saturated heterocycles. The van der Waals surface area contributed by atoms with Crippen molar-refractivity contribution >= 4 is 22.5 Å². The van der Waals surface area contributed by atoms with Crippen LogP contribution < -0.4 is 9.47 Å². The molecule has 0 aromatic heterocycles. The van der Waals surface area contributed by atoms with Gasteiger partial charge in [-0.25, -0.2) is 0 Å². The molecule has 0 bridgehead atoms. The number of ether oxygens (including phenoxy) is 2. The van der Waals surface area contributed by atoms with Crippen molar-refractivity contribution in [2.24, 2.45) is 0 Å². The third kappa shape index (κ3) is 4.74. The first-order chi connectivity index (χ1) is 13.9. The first kappa shape index (κ1) is 20.4. The molecule has 0 aliphatic carbocycles. The van der Waals surface area contributed by atoms with E-state index in [1.54, 1.807) is 44.4 Å². The van der Waals surface area contributed by atoms with Crippen molar-refractivity contribution in [2.75, 3.05) is 21.3 Å². The molecule has 0 heterocycles. The second kappa shape index (κ2) is 8.78. The molecular weight excluding hydrogens is 366 g/mol. The van der Waals surface area contributed by atoms with Crippen LogP contribution in [-0.4, -0.2) is 37.9 Å². The van der Waals surface area contributed by atoms with E-state index in [2.05, 4.69) is 6.07 Å². The molecule has 0 spiro atoms. The molecule has 0 radical (unpaired) electrons. The van der Waals surface area contributed by atoms with Gasteiger partial charge in [-0.05, 0) is 59.7 Å². The lowest BCUT2D eigenvalue weighted by molar-refractivity contribution is -0.129. The standard InChI is InChI=1S/C24H25NO4/c1-16(26)18-8-10-23(29-4)21(12-18)14-24(27)25(2)15-17-5-6-20-13-22(28-3)9-7-19(20)11-17/h5-13H,14-15H2,1-4H3. The zero-order valence-electron chi connectivity index (χ0n) is 17.2. The number of methoxy groups -OCH3 is 2. The number of amides is 1. The number of fused-ring (bicyclic) bond motifs is 1. The summed E-state index contributed by atoms with van der Waals surface area (Å²) < 4.78 is 10.6. The van der Waals surface area contributed by atoms with Crippen molar-refractivity contribution in [3.63, 3.8) is 0 Å². The van der Waals surface area contributed by atoms with Crippen LogP contribution in [0, 0.1) is 0 Å². The maximum atomic E-state index is 12.8. The smallest absolute Gasteiger partial charge is 0.227 e. The van der Waals surface area contributed by atoms with Crippen LogP contribution in [0.4, 0.5) is 0 Å². The van der Waals surface area contributed by atoms with Crippen LogP contribution in [0.3, 0.4) is 0 Å². The van der Waals surface area contributed by atoms with Gasteiger partial charge in [-0.15, -0.1) is 0 Å². The largest absolute Gasteiger partial charge is 0.497 e. The number of carbonyl (C=O) groups excluding carboxylic acids is 2. The van der Waals surface area contributed by atoms with E-state index in [-0.39, 0.29) is 18.1 Å². The Balaban J connectivity index is 1.75. The zero-order chi connectivity index (χ0) is 21.0. The van der Waals surface area contributed by atoms with Gasteiger partial charge >= 0.3 is 0 Å². The average Bonchev–Trinajstić information content (AvgIpc) is 2.73. The molecule has 3 aromatic carbocycles. The summed E-state index contributed by atoms with van der Waals surface area (Å²) in [6, 6.07) is 17.2. The van der Waals surface area contributed by atoms with Gasteiger partial charge in [-0.2, -0.15) is 0 Å². The van der Waals surface area contributed by atoms with Crippen molar-refractivity contribution in [1.29, 1.82) is 0 Å². The zero-order valence-corrected chi connectivity index (χ0v) is 17.2. The summed E-state index contributed by atoms with van der Waals surface area (Å²) in [6.45, 7) is 2.00. The van der Waals surface area contributed by atoms with E-state index in [9.17, 15) is 9.59 Å². The molecule has 3 aromatic rings. The number of carbonyl (C=O) groups is 2. The van der Waals surface area contributed by atoms with Crippen LogP contribution in [0.1, 0.15) is 28.4 Å². The van der Waals surface area contributed by atoms with Crippen molar-refractivity contribution < 1.29 is 19.1 Å². The van der Waals surface area contributed by atoms with Crippen LogP contribution in [0.25, 0.3) is 10.8 Å². The summed E-state index contributed by atoms with van der Waals surface area (Å²) in [5.41, 5.74) is 2.33. The third-order valence-electron chi connectivity index (χ3n) is 4.99. The van der Waals surface area contributed by atoms with Gasteiger partial charge in [0.2, 0.25) is 5.91 Å². The first-order valence-electron chi connectivity index (χ1n) is 9.39. The second-order valence-corrected chi connectivity index (χ2v) is 7.06. The first-order valence-corrected chi connectivity index (χ1v) is 9.39. The molecule has 5 heteroatoms. The Morgan fingerprint density at radius 3 is 2.31 bits per heavy atom. The molecule has 0 N–H and O–H groups in total. The van der Waals surface area contributed by atoms with E-state index < -0.39 is 0 Å². The molecule has 0 fully saturated rings. The molecule has 0 unspecified atom stereocenters. The van der Waals surface area contributed by atoms with Gasteiger partial charge in [0.1, 0.15) is 11.5 Å². The van der Waals surface area contributed by atoms with Gasteiger partial charge in [0.05, 0.1) is 20.6 Å². The lowest BCUT2D eigenvalue weighted by Gasteiger charge is -2.19. The van der Waals surface area contributed by atoms with Crippen LogP contribution in [0.15, 0.2) is 54.6 Å². The number of hydrogen-bond donors (Lipinski definition) is 0. The lowest BCUT2D eigenvalue weighted by Crippen LogP contribution is -2.28. The van der Waals surface area contributed by atoms with Gasteiger partial charge < -0.3 is 14.4 Å². The number of likely N-dealkylation sites (N-methyl/N-ethyl adjacent to an activating group) is 1. The topological polar surface area (TPSA) is 55.8 Å². The molecule has 0 aliphatic rings. The molecule has 0 aliphatic heterocycles. The van der Waals surface area contributed by atoms with Crippen LogP contribution in [0.5, 0.6) is 11.5 Å². The summed E-state index contributed by atoms with van der Waals surface area (Å²) >= 11 is 0. The highest BCUT2D eigenvalue weighted by Crippen LogP contribution is 2.24. The quantitative estimate of drug-likeness (QED) is 0.565. The monoisotopic (exact) mass is 391 g/mol. The Labute approximate surface area is 170 Å². The number of Topliss-reactive ketones (excluding diaryl/α,β-unsaturated/α-hetero) is 1. The minimum absolute atomic E-state index is 0.0394. The van der Waals surface area contributed by atoms with Crippen molar-refractivity contribution in [3.8, 4) is 11.5 Å². The molecule has 0 atom stereocenters. The summed E-state index contributed by atoms with van der Waals surface area (Å²) in [4.78, 5) is 26.1. The molecule has 5 nitrogen and oxygen atoms in total. The molecule has 0 saturated carbocycles. The fourth-order valence-corrected chi connectivity index (χ4v) is 3.29. The highest BCUT2D eigenvalue weighted by molar-refractivity contribution is 5.94. The fourth-order valence-electron chi connectivity index (χ4n) is 3.29. The number of hydrogen-bond acceptors (Lipinski definition) is 4. The highest BCUT2D eigenvalue weighted by Gasteiger charge is 2.15. The molecule has 1 amide bonds. The van der Waals surface area contributed by atoms with E-state index in [1.807, 2.05) is 30.3 Å². The van der Waals surface area contributed by atoms with Crippen molar-refractivity contribution in [1.82, 2.24) is 4.90 Å². The van der Waals surface area contributed by atoms with Gasteiger partial charge in [-0.1, -0.05) is 18.2 Å². The molecule has 150 valence electrons. The number of rotatable bonds is 7. The number of benzene rings is 3. The Morgan fingerprint density at radius 1 is 0.897 bits per heavy atom. The van der Waals surface area contributed by atoms with Crippen LogP contribution >= 0.6 is 0 Å². The minimum Gasteiger partial charge on any atom is -0.497 e. The number of nitrogens with zero attached hydrogens (tertiary/aromatic N) is 1. The Kier molecular flexibility index (Phi) is 6.17. The summed E-state index contributed by atoms with van der Waals surface area (Å²) in [6.07, 6.45) is 0.172. The normalized spacial score (nSPS) is 10.6. The fraction of sp³-hybridized carbons (Fsp3) is 0.250. The van der Waals surface area contributed by atoms with E-state index in [0.717, 1.165) is 22.1 Å². The number of ketones is 1. The third-order valence-corrected chi connectivity index (χ3v) is 4.99. The van der Waals surface area contributed by atoms with E-state index in [4.69, 9.17) is 9.47 Å². The van der Waals surface area contributed by atoms with Gasteiger partial charge in [-0.3, -0.25) is 9.59 Å². The molecular formula is C24H25NO4.